The fourth-order valence-corrected chi connectivity index (χ4v) is 3.69. The number of halogens is 2. The van der Waals surface area contributed by atoms with Crippen LogP contribution in [0.2, 0.25) is 0 Å². The monoisotopic (exact) mass is 399 g/mol. The van der Waals surface area contributed by atoms with Crippen molar-refractivity contribution in [1.82, 2.24) is 19.9 Å². The highest BCUT2D eigenvalue weighted by Gasteiger charge is 2.17. The van der Waals surface area contributed by atoms with E-state index in [1.807, 2.05) is 11.4 Å². The smallest absolute Gasteiger partial charge is 0.261 e. The third kappa shape index (κ3) is 3.44. The molecule has 0 aliphatic carbocycles. The lowest BCUT2D eigenvalue weighted by Crippen LogP contribution is -2.26. The average Bonchev–Trinajstić information content (AvgIpc) is 3.26. The van der Waals surface area contributed by atoms with Gasteiger partial charge in [-0.2, -0.15) is 4.98 Å². The van der Waals surface area contributed by atoms with E-state index in [0.717, 1.165) is 23.3 Å². The summed E-state index contributed by atoms with van der Waals surface area (Å²) < 4.78 is 28.5. The maximum atomic E-state index is 13.9. The lowest BCUT2D eigenvalue weighted by atomic mass is 10.1. The predicted octanol–water partition coefficient (Wildman–Crippen LogP) is 3.81. The van der Waals surface area contributed by atoms with Crippen LogP contribution in [0.1, 0.15) is 28.2 Å². The number of amides is 1. The van der Waals surface area contributed by atoms with Gasteiger partial charge in [-0.3, -0.25) is 4.79 Å². The van der Waals surface area contributed by atoms with Crippen molar-refractivity contribution >= 4 is 28.8 Å². The Labute approximate surface area is 162 Å². The first-order chi connectivity index (χ1) is 13.4. The van der Waals surface area contributed by atoms with Crippen molar-refractivity contribution in [3.8, 4) is 11.1 Å². The number of aromatic nitrogens is 3. The van der Waals surface area contributed by atoms with Gasteiger partial charge in [0.15, 0.2) is 5.65 Å². The number of nitrogen functional groups attached to an aromatic ring is 1. The van der Waals surface area contributed by atoms with Crippen LogP contribution in [-0.2, 0) is 0 Å². The SMILES string of the molecule is CC(NC(=O)c1cc(-c2ccc3nc(N)nn3c2)cs1)c1ccc(F)cc1F. The summed E-state index contributed by atoms with van der Waals surface area (Å²) in [6, 6.07) is 8.09. The van der Waals surface area contributed by atoms with Crippen LogP contribution >= 0.6 is 11.3 Å². The minimum absolute atomic E-state index is 0.185. The molecule has 1 aromatic carbocycles. The van der Waals surface area contributed by atoms with Gasteiger partial charge >= 0.3 is 0 Å². The van der Waals surface area contributed by atoms with E-state index in [9.17, 15) is 13.6 Å². The van der Waals surface area contributed by atoms with Gasteiger partial charge in [0.25, 0.3) is 5.91 Å². The van der Waals surface area contributed by atoms with Crippen molar-refractivity contribution in [2.45, 2.75) is 13.0 Å². The summed E-state index contributed by atoms with van der Waals surface area (Å²) in [4.78, 5) is 17.1. The molecule has 0 spiro atoms. The Balaban J connectivity index is 1.53. The lowest BCUT2D eigenvalue weighted by Gasteiger charge is -2.14. The van der Waals surface area contributed by atoms with E-state index in [4.69, 9.17) is 5.73 Å². The number of nitrogens with one attached hydrogen (secondary N) is 1. The minimum Gasteiger partial charge on any atom is -0.366 e. The quantitative estimate of drug-likeness (QED) is 0.546. The van der Waals surface area contributed by atoms with Gasteiger partial charge < -0.3 is 11.1 Å². The fraction of sp³-hybridized carbons (Fsp3) is 0.105. The predicted molar refractivity (Wildman–Crippen MR) is 103 cm³/mol. The first-order valence-corrected chi connectivity index (χ1v) is 9.25. The van der Waals surface area contributed by atoms with Crippen LogP contribution in [0, 0.1) is 11.6 Å². The highest BCUT2D eigenvalue weighted by Crippen LogP contribution is 2.27. The number of carbonyl (C=O) groups excluding carboxylic acids is 1. The number of hydrogen-bond donors (Lipinski definition) is 2. The number of pyridine rings is 1. The number of anilines is 1. The van der Waals surface area contributed by atoms with Crippen LogP contribution in [0.25, 0.3) is 16.8 Å². The Morgan fingerprint density at radius 3 is 2.82 bits per heavy atom. The summed E-state index contributed by atoms with van der Waals surface area (Å²) in [5.74, 6) is -1.50. The highest BCUT2D eigenvalue weighted by molar-refractivity contribution is 7.12. The summed E-state index contributed by atoms with van der Waals surface area (Å²) >= 11 is 1.27. The van der Waals surface area contributed by atoms with E-state index >= 15 is 0 Å². The molecule has 4 aromatic rings. The van der Waals surface area contributed by atoms with Crippen molar-refractivity contribution in [3.63, 3.8) is 0 Å². The molecule has 0 aliphatic rings. The minimum atomic E-state index is -0.694. The number of fused-ring (bicyclic) bond motifs is 1. The molecule has 1 atom stereocenters. The molecule has 3 N–H and O–H groups in total. The molecule has 1 amide bonds. The van der Waals surface area contributed by atoms with Gasteiger partial charge in [0.2, 0.25) is 5.95 Å². The largest absolute Gasteiger partial charge is 0.366 e. The highest BCUT2D eigenvalue weighted by atomic mass is 32.1. The Morgan fingerprint density at radius 1 is 1.21 bits per heavy atom. The zero-order chi connectivity index (χ0) is 19.8. The molecular formula is C19H15F2N5OS. The number of benzene rings is 1. The number of rotatable bonds is 4. The van der Waals surface area contributed by atoms with E-state index < -0.39 is 17.7 Å². The lowest BCUT2D eigenvalue weighted by molar-refractivity contribution is 0.0943. The van der Waals surface area contributed by atoms with Gasteiger partial charge in [-0.05, 0) is 42.1 Å². The maximum absolute atomic E-state index is 13.9. The van der Waals surface area contributed by atoms with Gasteiger partial charge in [-0.15, -0.1) is 16.4 Å². The molecule has 142 valence electrons. The zero-order valence-electron chi connectivity index (χ0n) is 14.7. The van der Waals surface area contributed by atoms with Crippen LogP contribution in [0.5, 0.6) is 0 Å². The molecule has 0 saturated heterocycles. The van der Waals surface area contributed by atoms with Crippen molar-refractivity contribution in [2.75, 3.05) is 5.73 Å². The Morgan fingerprint density at radius 2 is 2.04 bits per heavy atom. The molecule has 4 rings (SSSR count). The Kier molecular flexibility index (Phi) is 4.52. The van der Waals surface area contributed by atoms with Crippen molar-refractivity contribution in [2.24, 2.45) is 0 Å². The molecule has 0 saturated carbocycles. The van der Waals surface area contributed by atoms with E-state index in [0.29, 0.717) is 10.5 Å². The number of hydrogen-bond acceptors (Lipinski definition) is 5. The third-order valence-electron chi connectivity index (χ3n) is 4.28. The van der Waals surface area contributed by atoms with Gasteiger partial charge in [0.1, 0.15) is 11.6 Å². The number of nitrogens with two attached hydrogens (primary N) is 1. The second kappa shape index (κ2) is 7.01. The van der Waals surface area contributed by atoms with Crippen LogP contribution in [0.4, 0.5) is 14.7 Å². The van der Waals surface area contributed by atoms with Gasteiger partial charge in [-0.25, -0.2) is 13.3 Å². The third-order valence-corrected chi connectivity index (χ3v) is 5.21. The molecule has 0 radical (unpaired) electrons. The molecular weight excluding hydrogens is 384 g/mol. The maximum Gasteiger partial charge on any atom is 0.261 e. The van der Waals surface area contributed by atoms with E-state index in [-0.39, 0.29) is 17.4 Å². The van der Waals surface area contributed by atoms with E-state index in [2.05, 4.69) is 15.4 Å². The normalized spacial score (nSPS) is 12.2. The molecule has 0 bridgehead atoms. The zero-order valence-corrected chi connectivity index (χ0v) is 15.5. The van der Waals surface area contributed by atoms with Gasteiger partial charge in [-0.1, -0.05) is 6.07 Å². The van der Waals surface area contributed by atoms with Crippen LogP contribution in [0.15, 0.2) is 48.0 Å². The molecule has 9 heteroatoms. The van der Waals surface area contributed by atoms with Gasteiger partial charge in [0, 0.05) is 23.4 Å². The topological polar surface area (TPSA) is 85.3 Å². The summed E-state index contributed by atoms with van der Waals surface area (Å²) in [5.41, 5.74) is 8.14. The molecule has 6 nitrogen and oxygen atoms in total. The second-order valence-corrected chi connectivity index (χ2v) is 7.16. The fourth-order valence-electron chi connectivity index (χ4n) is 2.88. The molecule has 3 aromatic heterocycles. The number of thiophene rings is 1. The number of carbonyl (C=O) groups is 1. The molecule has 1 unspecified atom stereocenters. The van der Waals surface area contributed by atoms with Crippen molar-refractivity contribution in [3.05, 3.63) is 70.1 Å². The molecule has 0 aliphatic heterocycles. The van der Waals surface area contributed by atoms with E-state index in [1.165, 1.54) is 17.4 Å². The standard InChI is InChI=1S/C19H15F2N5OS/c1-10(14-4-3-13(20)7-15(14)21)23-18(27)16-6-12(9-28-16)11-2-5-17-24-19(22)25-26(17)8-11/h2-10H,1H3,(H2,22,25)(H,23,27). The summed E-state index contributed by atoms with van der Waals surface area (Å²) in [6.07, 6.45) is 1.78. The number of nitrogens with zero attached hydrogens (tertiary/aromatic N) is 3. The summed E-state index contributed by atoms with van der Waals surface area (Å²) in [6.45, 7) is 1.64. The van der Waals surface area contributed by atoms with Crippen LogP contribution < -0.4 is 11.1 Å². The Hall–Kier alpha value is -3.33. The summed E-state index contributed by atoms with van der Waals surface area (Å²) in [5, 5.41) is 8.66. The van der Waals surface area contributed by atoms with Crippen LogP contribution in [0.3, 0.4) is 0 Å². The van der Waals surface area contributed by atoms with Crippen LogP contribution in [-0.4, -0.2) is 20.5 Å². The average molecular weight is 399 g/mol. The van der Waals surface area contributed by atoms with Crippen molar-refractivity contribution in [1.29, 1.82) is 0 Å². The summed E-state index contributed by atoms with van der Waals surface area (Å²) in [7, 11) is 0. The van der Waals surface area contributed by atoms with Crippen molar-refractivity contribution < 1.29 is 13.6 Å². The van der Waals surface area contributed by atoms with Gasteiger partial charge in [0.05, 0.1) is 10.9 Å². The first kappa shape index (κ1) is 18.1. The second-order valence-electron chi connectivity index (χ2n) is 6.25. The first-order valence-electron chi connectivity index (χ1n) is 8.37. The molecule has 0 fully saturated rings. The Bertz CT molecular complexity index is 1190. The molecule has 28 heavy (non-hydrogen) atoms. The molecule has 3 heterocycles. The van der Waals surface area contributed by atoms with E-state index in [1.54, 1.807) is 29.8 Å².